The first kappa shape index (κ1) is 16.5. The van der Waals surface area contributed by atoms with E-state index in [2.05, 4.69) is 18.6 Å². The Morgan fingerprint density at radius 2 is 1.86 bits per heavy atom. The molecule has 1 aromatic heterocycles. The van der Waals surface area contributed by atoms with E-state index in [9.17, 15) is 13.2 Å². The third-order valence-corrected chi connectivity index (χ3v) is 6.80. The van der Waals surface area contributed by atoms with Crippen molar-refractivity contribution in [3.63, 3.8) is 0 Å². The molecule has 7 heteroatoms. The van der Waals surface area contributed by atoms with Crippen LogP contribution < -0.4 is 4.72 Å². The van der Waals surface area contributed by atoms with Crippen LogP contribution in [0.2, 0.25) is 0 Å². The van der Waals surface area contributed by atoms with E-state index in [-0.39, 0.29) is 15.8 Å². The van der Waals surface area contributed by atoms with Crippen molar-refractivity contribution in [2.45, 2.75) is 51.0 Å². The molecule has 1 fully saturated rings. The van der Waals surface area contributed by atoms with Gasteiger partial charge in [0.25, 0.3) is 0 Å². The zero-order chi connectivity index (χ0) is 15.8. The number of hydrogen-bond donors (Lipinski definition) is 2. The Labute approximate surface area is 129 Å². The lowest BCUT2D eigenvalue weighted by molar-refractivity contribution is 0.0698. The van der Waals surface area contributed by atoms with Crippen LogP contribution in [-0.4, -0.2) is 25.5 Å². The van der Waals surface area contributed by atoms with Crippen molar-refractivity contribution in [2.75, 3.05) is 0 Å². The summed E-state index contributed by atoms with van der Waals surface area (Å²) in [6, 6.07) is -0.116. The molecule has 2 N–H and O–H groups in total. The number of carboxylic acids is 1. The molecule has 0 spiro atoms. The smallest absolute Gasteiger partial charge is 0.347 e. The molecule has 2 unspecified atom stereocenters. The SMILES string of the molecule is Cc1csc(C(=O)O)c1S(=O)(=O)NC1CC(C)CC(C)C1. The van der Waals surface area contributed by atoms with E-state index < -0.39 is 16.0 Å². The number of hydrogen-bond acceptors (Lipinski definition) is 4. The van der Waals surface area contributed by atoms with Crippen molar-refractivity contribution in [3.05, 3.63) is 15.8 Å². The summed E-state index contributed by atoms with van der Waals surface area (Å²) in [6.45, 7) is 5.87. The molecule has 0 aliphatic heterocycles. The Morgan fingerprint density at radius 1 is 1.29 bits per heavy atom. The fourth-order valence-corrected chi connectivity index (χ4v) is 6.13. The minimum absolute atomic E-state index is 0.0779. The maximum atomic E-state index is 12.6. The third-order valence-electron chi connectivity index (χ3n) is 3.88. The van der Waals surface area contributed by atoms with Crippen LogP contribution in [0, 0.1) is 18.8 Å². The first-order chi connectivity index (χ1) is 9.70. The first-order valence-corrected chi connectivity index (χ1v) is 9.40. The Bertz CT molecular complexity index is 625. The van der Waals surface area contributed by atoms with Crippen molar-refractivity contribution in [2.24, 2.45) is 11.8 Å². The quantitative estimate of drug-likeness (QED) is 0.888. The fourth-order valence-electron chi connectivity index (χ4n) is 3.24. The van der Waals surface area contributed by atoms with E-state index in [1.54, 1.807) is 12.3 Å². The second-order valence-electron chi connectivity index (χ2n) is 6.12. The summed E-state index contributed by atoms with van der Waals surface area (Å²) in [6.07, 6.45) is 2.71. The maximum absolute atomic E-state index is 12.6. The van der Waals surface area contributed by atoms with Gasteiger partial charge in [-0.25, -0.2) is 17.9 Å². The second kappa shape index (κ2) is 6.06. The summed E-state index contributed by atoms with van der Waals surface area (Å²) in [4.78, 5) is 11.0. The molecule has 2 rings (SSSR count). The number of rotatable bonds is 4. The highest BCUT2D eigenvalue weighted by molar-refractivity contribution is 7.89. The first-order valence-electron chi connectivity index (χ1n) is 7.04. The number of sulfonamides is 1. The number of aromatic carboxylic acids is 1. The molecule has 1 heterocycles. The predicted molar refractivity (Wildman–Crippen MR) is 82.3 cm³/mol. The van der Waals surface area contributed by atoms with Crippen LogP contribution in [-0.2, 0) is 10.0 Å². The van der Waals surface area contributed by atoms with E-state index in [1.807, 2.05) is 0 Å². The van der Waals surface area contributed by atoms with Gasteiger partial charge in [0.05, 0.1) is 0 Å². The largest absolute Gasteiger partial charge is 0.477 e. The van der Waals surface area contributed by atoms with E-state index in [0.29, 0.717) is 17.4 Å². The van der Waals surface area contributed by atoms with E-state index in [1.165, 1.54) is 0 Å². The van der Waals surface area contributed by atoms with Gasteiger partial charge in [0, 0.05) is 6.04 Å². The Kier molecular flexibility index (Phi) is 4.75. The Morgan fingerprint density at radius 3 is 2.38 bits per heavy atom. The van der Waals surface area contributed by atoms with Crippen LogP contribution in [0.25, 0.3) is 0 Å². The standard InChI is InChI=1S/C14H21NO4S2/c1-8-4-9(2)6-11(5-8)15-21(18,19)13-10(3)7-20-12(13)14(16)17/h7-9,11,15H,4-6H2,1-3H3,(H,16,17). The highest BCUT2D eigenvalue weighted by Crippen LogP contribution is 2.31. The lowest BCUT2D eigenvalue weighted by Gasteiger charge is -2.31. The van der Waals surface area contributed by atoms with Crippen molar-refractivity contribution in [1.29, 1.82) is 0 Å². The molecule has 0 aromatic carbocycles. The second-order valence-corrected chi connectivity index (χ2v) is 8.65. The molecule has 118 valence electrons. The number of carboxylic acid groups (broad SMARTS) is 1. The lowest BCUT2D eigenvalue weighted by Crippen LogP contribution is -2.40. The third kappa shape index (κ3) is 3.64. The average Bonchev–Trinajstić information content (AvgIpc) is 2.69. The van der Waals surface area contributed by atoms with Crippen LogP contribution >= 0.6 is 11.3 Å². The fraction of sp³-hybridized carbons (Fsp3) is 0.643. The van der Waals surface area contributed by atoms with Crippen molar-refractivity contribution < 1.29 is 18.3 Å². The van der Waals surface area contributed by atoms with Crippen LogP contribution in [0.4, 0.5) is 0 Å². The molecule has 5 nitrogen and oxygen atoms in total. The highest BCUT2D eigenvalue weighted by Gasteiger charge is 2.32. The number of aryl methyl sites for hydroxylation is 1. The maximum Gasteiger partial charge on any atom is 0.347 e. The van der Waals surface area contributed by atoms with Gasteiger partial charge in [-0.2, -0.15) is 0 Å². The van der Waals surface area contributed by atoms with Gasteiger partial charge in [0.15, 0.2) is 0 Å². The normalized spacial score (nSPS) is 26.7. The minimum Gasteiger partial charge on any atom is -0.477 e. The molecular weight excluding hydrogens is 310 g/mol. The van der Waals surface area contributed by atoms with E-state index >= 15 is 0 Å². The minimum atomic E-state index is -3.79. The molecule has 0 saturated heterocycles. The molecule has 1 aliphatic rings. The monoisotopic (exact) mass is 331 g/mol. The van der Waals surface area contributed by atoms with Gasteiger partial charge in [0.1, 0.15) is 9.77 Å². The van der Waals surface area contributed by atoms with Gasteiger partial charge in [-0.15, -0.1) is 11.3 Å². The molecule has 1 saturated carbocycles. The molecule has 2 atom stereocenters. The topological polar surface area (TPSA) is 83.5 Å². The molecule has 0 radical (unpaired) electrons. The van der Waals surface area contributed by atoms with Gasteiger partial charge in [-0.3, -0.25) is 0 Å². The number of nitrogens with one attached hydrogen (secondary N) is 1. The molecule has 1 aliphatic carbocycles. The Hall–Kier alpha value is -0.920. The molecule has 0 amide bonds. The molecular formula is C14H21NO4S2. The molecule has 0 bridgehead atoms. The van der Waals surface area contributed by atoms with E-state index in [0.717, 1.165) is 30.6 Å². The summed E-state index contributed by atoms with van der Waals surface area (Å²) in [5.41, 5.74) is 0.488. The summed E-state index contributed by atoms with van der Waals surface area (Å²) in [5, 5.41) is 10.7. The van der Waals surface area contributed by atoms with Crippen LogP contribution in [0.1, 0.15) is 48.3 Å². The zero-order valence-corrected chi connectivity index (χ0v) is 14.1. The van der Waals surface area contributed by atoms with Crippen LogP contribution in [0.15, 0.2) is 10.3 Å². The zero-order valence-electron chi connectivity index (χ0n) is 12.4. The predicted octanol–water partition coefficient (Wildman–Crippen LogP) is 2.86. The van der Waals surface area contributed by atoms with Crippen LogP contribution in [0.5, 0.6) is 0 Å². The summed E-state index contributed by atoms with van der Waals surface area (Å²) in [7, 11) is -3.79. The Balaban J connectivity index is 2.27. The van der Waals surface area contributed by atoms with Gasteiger partial charge in [-0.05, 0) is 49.0 Å². The van der Waals surface area contributed by atoms with Crippen molar-refractivity contribution in [1.82, 2.24) is 4.72 Å². The average molecular weight is 331 g/mol. The summed E-state index contributed by atoms with van der Waals surface area (Å²) in [5.74, 6) is -0.244. The van der Waals surface area contributed by atoms with Crippen molar-refractivity contribution >= 4 is 27.3 Å². The van der Waals surface area contributed by atoms with Gasteiger partial charge < -0.3 is 5.11 Å². The summed E-state index contributed by atoms with van der Waals surface area (Å²) < 4.78 is 27.8. The van der Waals surface area contributed by atoms with Crippen LogP contribution in [0.3, 0.4) is 0 Å². The number of thiophene rings is 1. The van der Waals surface area contributed by atoms with E-state index in [4.69, 9.17) is 5.11 Å². The number of carbonyl (C=O) groups is 1. The lowest BCUT2D eigenvalue weighted by atomic mass is 9.81. The van der Waals surface area contributed by atoms with Gasteiger partial charge in [-0.1, -0.05) is 13.8 Å². The van der Waals surface area contributed by atoms with Crippen molar-refractivity contribution in [3.8, 4) is 0 Å². The summed E-state index contributed by atoms with van der Waals surface area (Å²) >= 11 is 0.956. The van der Waals surface area contributed by atoms with Gasteiger partial charge in [0.2, 0.25) is 10.0 Å². The molecule has 21 heavy (non-hydrogen) atoms. The highest BCUT2D eigenvalue weighted by atomic mass is 32.2. The van der Waals surface area contributed by atoms with Gasteiger partial charge >= 0.3 is 5.97 Å². The molecule has 1 aromatic rings.